The van der Waals surface area contributed by atoms with Gasteiger partial charge in [-0.2, -0.15) is 0 Å². The van der Waals surface area contributed by atoms with Crippen LogP contribution in [0.1, 0.15) is 55.7 Å². The summed E-state index contributed by atoms with van der Waals surface area (Å²) < 4.78 is 0. The van der Waals surface area contributed by atoms with E-state index in [1.54, 1.807) is 5.56 Å². The largest absolute Gasteiger partial charge is 0.0622 e. The third-order valence-electron chi connectivity index (χ3n) is 4.67. The molecule has 88 valence electrons. The summed E-state index contributed by atoms with van der Waals surface area (Å²) in [5.41, 5.74) is 4.44. The van der Waals surface area contributed by atoms with Crippen LogP contribution in [0, 0.1) is 25.7 Å². The quantitative estimate of drug-likeness (QED) is 0.630. The van der Waals surface area contributed by atoms with Crippen molar-refractivity contribution in [1.82, 2.24) is 0 Å². The molecule has 0 nitrogen and oxygen atoms in total. The molecule has 0 heteroatoms. The van der Waals surface area contributed by atoms with Crippen molar-refractivity contribution in [2.75, 3.05) is 0 Å². The fraction of sp³-hybridized carbons (Fsp3) is 0.625. The van der Waals surface area contributed by atoms with Gasteiger partial charge in [-0.3, -0.25) is 0 Å². The third kappa shape index (κ3) is 2.16. The minimum atomic E-state index is 0.794. The van der Waals surface area contributed by atoms with Crippen LogP contribution in [0.4, 0.5) is 0 Å². The predicted octanol–water partition coefficient (Wildman–Crippen LogP) is 4.84. The van der Waals surface area contributed by atoms with E-state index in [2.05, 4.69) is 45.9 Å². The zero-order chi connectivity index (χ0) is 11.7. The Morgan fingerprint density at radius 1 is 1.00 bits per heavy atom. The van der Waals surface area contributed by atoms with Crippen LogP contribution < -0.4 is 0 Å². The van der Waals surface area contributed by atoms with Crippen LogP contribution in [0.2, 0.25) is 0 Å². The van der Waals surface area contributed by atoms with Gasteiger partial charge in [0.1, 0.15) is 0 Å². The summed E-state index contributed by atoms with van der Waals surface area (Å²) in [5, 5.41) is 0. The van der Waals surface area contributed by atoms with Gasteiger partial charge in [-0.05, 0) is 54.7 Å². The molecule has 3 unspecified atom stereocenters. The number of benzene rings is 1. The van der Waals surface area contributed by atoms with Crippen LogP contribution in [0.15, 0.2) is 18.2 Å². The smallest absolute Gasteiger partial charge is 0.0134 e. The summed E-state index contributed by atoms with van der Waals surface area (Å²) in [6.45, 7) is 9.28. The minimum Gasteiger partial charge on any atom is -0.0622 e. The first-order chi connectivity index (χ1) is 7.59. The maximum atomic E-state index is 2.43. The zero-order valence-electron chi connectivity index (χ0n) is 11.1. The summed E-state index contributed by atoms with van der Waals surface area (Å²) in [6, 6.07) is 7.05. The van der Waals surface area contributed by atoms with E-state index in [1.807, 2.05) is 0 Å². The summed E-state index contributed by atoms with van der Waals surface area (Å²) in [4.78, 5) is 0. The lowest BCUT2D eigenvalue weighted by molar-refractivity contribution is 0.238. The average Bonchev–Trinajstić information content (AvgIpc) is 2.26. The van der Waals surface area contributed by atoms with Gasteiger partial charge in [0.2, 0.25) is 0 Å². The lowest BCUT2D eigenvalue weighted by Crippen LogP contribution is -2.22. The highest BCUT2D eigenvalue weighted by molar-refractivity contribution is 5.32. The van der Waals surface area contributed by atoms with Crippen molar-refractivity contribution in [2.45, 2.75) is 52.9 Å². The number of rotatable bonds is 1. The zero-order valence-corrected chi connectivity index (χ0v) is 11.1. The van der Waals surface area contributed by atoms with Crippen LogP contribution >= 0.6 is 0 Å². The van der Waals surface area contributed by atoms with Gasteiger partial charge in [0.15, 0.2) is 0 Å². The van der Waals surface area contributed by atoms with Crippen LogP contribution in [0.3, 0.4) is 0 Å². The first-order valence-corrected chi connectivity index (χ1v) is 6.66. The lowest BCUT2D eigenvalue weighted by Gasteiger charge is -2.34. The highest BCUT2D eigenvalue weighted by Gasteiger charge is 2.28. The number of aryl methyl sites for hydroxylation is 2. The molecule has 1 aromatic carbocycles. The summed E-state index contributed by atoms with van der Waals surface area (Å²) in [5.74, 6) is 2.53. The molecule has 0 radical (unpaired) electrons. The molecule has 0 amide bonds. The molecule has 16 heavy (non-hydrogen) atoms. The molecule has 0 aromatic heterocycles. The van der Waals surface area contributed by atoms with Crippen molar-refractivity contribution in [1.29, 1.82) is 0 Å². The number of hydrogen-bond donors (Lipinski definition) is 0. The fourth-order valence-corrected chi connectivity index (χ4v) is 3.05. The average molecular weight is 216 g/mol. The Morgan fingerprint density at radius 2 is 1.75 bits per heavy atom. The lowest BCUT2D eigenvalue weighted by atomic mass is 9.71. The molecule has 0 heterocycles. The molecule has 2 rings (SSSR count). The van der Waals surface area contributed by atoms with Crippen molar-refractivity contribution in [2.24, 2.45) is 11.8 Å². The molecule has 0 spiro atoms. The van der Waals surface area contributed by atoms with Crippen molar-refractivity contribution < 1.29 is 0 Å². The summed E-state index contributed by atoms with van der Waals surface area (Å²) in [7, 11) is 0. The molecular weight excluding hydrogens is 192 g/mol. The van der Waals surface area contributed by atoms with Crippen LogP contribution in [0.5, 0.6) is 0 Å². The normalized spacial score (nSPS) is 30.4. The van der Waals surface area contributed by atoms with E-state index in [0.717, 1.165) is 17.8 Å². The Labute approximate surface area is 100 Å². The van der Waals surface area contributed by atoms with Gasteiger partial charge in [-0.25, -0.2) is 0 Å². The first kappa shape index (κ1) is 11.7. The minimum absolute atomic E-state index is 0.794. The Bertz CT molecular complexity index is 364. The Hall–Kier alpha value is -0.780. The topological polar surface area (TPSA) is 0 Å². The van der Waals surface area contributed by atoms with Gasteiger partial charge in [0, 0.05) is 0 Å². The Morgan fingerprint density at radius 3 is 2.44 bits per heavy atom. The van der Waals surface area contributed by atoms with Crippen LogP contribution in [-0.4, -0.2) is 0 Å². The van der Waals surface area contributed by atoms with E-state index in [4.69, 9.17) is 0 Å². The second-order valence-corrected chi connectivity index (χ2v) is 5.72. The monoisotopic (exact) mass is 216 g/mol. The van der Waals surface area contributed by atoms with Gasteiger partial charge >= 0.3 is 0 Å². The molecule has 0 bridgehead atoms. The van der Waals surface area contributed by atoms with Crippen molar-refractivity contribution in [3.05, 3.63) is 34.9 Å². The molecule has 3 atom stereocenters. The van der Waals surface area contributed by atoms with Gasteiger partial charge < -0.3 is 0 Å². The van der Waals surface area contributed by atoms with Gasteiger partial charge in [-0.15, -0.1) is 0 Å². The first-order valence-electron chi connectivity index (χ1n) is 6.66. The van der Waals surface area contributed by atoms with Crippen LogP contribution in [-0.2, 0) is 0 Å². The van der Waals surface area contributed by atoms with Gasteiger partial charge in [0.05, 0.1) is 0 Å². The maximum absolute atomic E-state index is 2.43. The number of hydrogen-bond acceptors (Lipinski definition) is 0. The molecule has 0 saturated heterocycles. The third-order valence-corrected chi connectivity index (χ3v) is 4.67. The standard InChI is InChI=1S/C16H24/c1-11-8-9-15(10-13(11)3)16-7-5-6-12(2)14(16)4/h8-10,12,14,16H,5-7H2,1-4H3. The van der Waals surface area contributed by atoms with Crippen molar-refractivity contribution >= 4 is 0 Å². The van der Waals surface area contributed by atoms with E-state index >= 15 is 0 Å². The highest BCUT2D eigenvalue weighted by Crippen LogP contribution is 2.41. The molecule has 1 aliphatic carbocycles. The van der Waals surface area contributed by atoms with E-state index in [1.165, 1.54) is 30.4 Å². The van der Waals surface area contributed by atoms with E-state index in [-0.39, 0.29) is 0 Å². The van der Waals surface area contributed by atoms with E-state index < -0.39 is 0 Å². The maximum Gasteiger partial charge on any atom is -0.0134 e. The molecule has 1 saturated carbocycles. The highest BCUT2D eigenvalue weighted by atomic mass is 14.3. The van der Waals surface area contributed by atoms with Gasteiger partial charge in [0.25, 0.3) is 0 Å². The van der Waals surface area contributed by atoms with E-state index in [0.29, 0.717) is 0 Å². The van der Waals surface area contributed by atoms with Crippen LogP contribution in [0.25, 0.3) is 0 Å². The Kier molecular flexibility index (Phi) is 3.37. The summed E-state index contributed by atoms with van der Waals surface area (Å²) in [6.07, 6.45) is 4.21. The second kappa shape index (κ2) is 4.61. The molecule has 0 aliphatic heterocycles. The molecule has 1 aliphatic rings. The Balaban J connectivity index is 2.25. The molecule has 1 aromatic rings. The predicted molar refractivity (Wildman–Crippen MR) is 70.8 cm³/mol. The SMILES string of the molecule is Cc1ccc(C2CCCC(C)C2C)cc1C. The van der Waals surface area contributed by atoms with Gasteiger partial charge in [-0.1, -0.05) is 44.9 Å². The fourth-order valence-electron chi connectivity index (χ4n) is 3.05. The molecular formula is C16H24. The molecule has 0 N–H and O–H groups in total. The molecule has 1 fully saturated rings. The second-order valence-electron chi connectivity index (χ2n) is 5.72. The summed E-state index contributed by atoms with van der Waals surface area (Å²) >= 11 is 0. The van der Waals surface area contributed by atoms with Crippen molar-refractivity contribution in [3.8, 4) is 0 Å². The van der Waals surface area contributed by atoms with Crippen molar-refractivity contribution in [3.63, 3.8) is 0 Å². The van der Waals surface area contributed by atoms with E-state index in [9.17, 15) is 0 Å².